The second kappa shape index (κ2) is 15.0. The zero-order valence-corrected chi connectivity index (χ0v) is 13.5. The van der Waals surface area contributed by atoms with Crippen molar-refractivity contribution in [2.75, 3.05) is 13.6 Å². The van der Waals surface area contributed by atoms with Gasteiger partial charge in [0.25, 0.3) is 0 Å². The van der Waals surface area contributed by atoms with Crippen LogP contribution in [0.5, 0.6) is 0 Å². The number of hydrogen-bond acceptors (Lipinski definition) is 1. The van der Waals surface area contributed by atoms with Crippen LogP contribution in [0.25, 0.3) is 0 Å². The molecule has 0 aromatic heterocycles. The molecule has 0 fully saturated rings. The van der Waals surface area contributed by atoms with Crippen LogP contribution in [0.4, 0.5) is 0 Å². The minimum Gasteiger partial charge on any atom is -0.301 e. The second-order valence-corrected chi connectivity index (χ2v) is 3.70. The van der Waals surface area contributed by atoms with Crippen molar-refractivity contribution in [1.29, 1.82) is 0 Å². The molecule has 0 aliphatic heterocycles. The third-order valence-electron chi connectivity index (χ3n) is 3.32. The minimum atomic E-state index is 0.476. The fourth-order valence-corrected chi connectivity index (χ4v) is 2.14. The average Bonchev–Trinajstić information content (AvgIpc) is 2.40. The summed E-state index contributed by atoms with van der Waals surface area (Å²) >= 11 is 0. The molecule has 0 N–H and O–H groups in total. The van der Waals surface area contributed by atoms with E-state index in [4.69, 9.17) is 0 Å². The van der Waals surface area contributed by atoms with Gasteiger partial charge in [0.2, 0.25) is 0 Å². The Kier molecular flexibility index (Phi) is 19.9. The summed E-state index contributed by atoms with van der Waals surface area (Å²) in [6, 6.07) is 0. The molecular weight excluding hydrogens is 194 g/mol. The maximum absolute atomic E-state index is 2.51. The summed E-state index contributed by atoms with van der Waals surface area (Å²) in [6.07, 6.45) is 5.19. The summed E-state index contributed by atoms with van der Waals surface area (Å²) in [5.41, 5.74) is 0.476. The van der Waals surface area contributed by atoms with E-state index in [0.29, 0.717) is 5.54 Å². The van der Waals surface area contributed by atoms with Gasteiger partial charge in [-0.2, -0.15) is 0 Å². The van der Waals surface area contributed by atoms with E-state index in [9.17, 15) is 0 Å². The van der Waals surface area contributed by atoms with Crippen LogP contribution in [0.2, 0.25) is 0 Å². The lowest BCUT2D eigenvalue weighted by Gasteiger charge is -2.40. The molecule has 0 unspecified atom stereocenters. The molecule has 1 nitrogen and oxygen atoms in total. The fraction of sp³-hybridized carbons (Fsp3) is 1.00. The predicted molar refractivity (Wildman–Crippen MR) is 79.2 cm³/mol. The van der Waals surface area contributed by atoms with Gasteiger partial charge in [-0.3, -0.25) is 0 Å². The largest absolute Gasteiger partial charge is 0.301 e. The number of nitrogens with zero attached hydrogens (tertiary/aromatic N) is 1. The third-order valence-corrected chi connectivity index (χ3v) is 3.32. The van der Waals surface area contributed by atoms with E-state index in [2.05, 4.69) is 39.6 Å². The lowest BCUT2D eigenvalue weighted by Crippen LogP contribution is -2.45. The normalized spacial score (nSPS) is 10.1. The minimum absolute atomic E-state index is 0.476. The molecule has 0 spiro atoms. The molecule has 0 amide bonds. The van der Waals surface area contributed by atoms with Crippen molar-refractivity contribution in [3.8, 4) is 0 Å². The monoisotopic (exact) mass is 231 g/mol. The molecule has 0 aliphatic rings. The predicted octanol–water partition coefficient (Wildman–Crippen LogP) is 5.35. The standard InChI is InChI=1S/C11H25N.2C2H6/c1-6-10-11(7-2,8-3)12(5)9-4;2*1-2/h6-10H2,1-5H3;2*1-2H3. The van der Waals surface area contributed by atoms with Crippen molar-refractivity contribution < 1.29 is 0 Å². The Morgan fingerprint density at radius 2 is 1.19 bits per heavy atom. The Morgan fingerprint density at radius 1 is 0.812 bits per heavy atom. The van der Waals surface area contributed by atoms with Crippen LogP contribution in [0.3, 0.4) is 0 Å². The van der Waals surface area contributed by atoms with Gasteiger partial charge in [0, 0.05) is 5.54 Å². The van der Waals surface area contributed by atoms with Gasteiger partial charge < -0.3 is 4.90 Å². The van der Waals surface area contributed by atoms with Gasteiger partial charge in [0.05, 0.1) is 0 Å². The molecule has 0 aromatic rings. The molecule has 102 valence electrons. The van der Waals surface area contributed by atoms with Gasteiger partial charge >= 0.3 is 0 Å². The van der Waals surface area contributed by atoms with Crippen LogP contribution in [0, 0.1) is 0 Å². The van der Waals surface area contributed by atoms with Gasteiger partial charge in [-0.25, -0.2) is 0 Å². The first kappa shape index (κ1) is 21.3. The van der Waals surface area contributed by atoms with Crippen LogP contribution in [-0.2, 0) is 0 Å². The van der Waals surface area contributed by atoms with Crippen molar-refractivity contribution >= 4 is 0 Å². The molecule has 0 rings (SSSR count). The van der Waals surface area contributed by atoms with Gasteiger partial charge in [0.1, 0.15) is 0 Å². The van der Waals surface area contributed by atoms with Crippen molar-refractivity contribution in [3.05, 3.63) is 0 Å². The molecule has 1 heteroatoms. The van der Waals surface area contributed by atoms with E-state index >= 15 is 0 Å². The molecule has 0 heterocycles. The Balaban J connectivity index is -0.000000376. The SMILES string of the molecule is CC.CC.CCCC(CC)(CC)N(C)CC. The Hall–Kier alpha value is -0.0400. The Morgan fingerprint density at radius 3 is 1.38 bits per heavy atom. The van der Waals surface area contributed by atoms with E-state index in [1.807, 2.05) is 27.7 Å². The van der Waals surface area contributed by atoms with Crippen LogP contribution < -0.4 is 0 Å². The first-order valence-corrected chi connectivity index (χ1v) is 7.38. The number of rotatable bonds is 6. The maximum Gasteiger partial charge on any atom is 0.0201 e. The van der Waals surface area contributed by atoms with E-state index in [1.165, 1.54) is 32.2 Å². The van der Waals surface area contributed by atoms with E-state index in [1.54, 1.807) is 0 Å². The molecule has 0 aliphatic carbocycles. The quantitative estimate of drug-likeness (QED) is 0.595. The van der Waals surface area contributed by atoms with E-state index in [0.717, 1.165) is 0 Å². The molecule has 0 atom stereocenters. The smallest absolute Gasteiger partial charge is 0.0201 e. The van der Waals surface area contributed by atoms with Crippen molar-refractivity contribution in [2.24, 2.45) is 0 Å². The van der Waals surface area contributed by atoms with Crippen molar-refractivity contribution in [2.45, 2.75) is 86.6 Å². The molecule has 0 aromatic carbocycles. The average molecular weight is 231 g/mol. The van der Waals surface area contributed by atoms with Gasteiger partial charge in [-0.05, 0) is 32.9 Å². The first-order chi connectivity index (χ1) is 7.66. The highest BCUT2D eigenvalue weighted by molar-refractivity contribution is 4.85. The zero-order chi connectivity index (χ0) is 13.6. The summed E-state index contributed by atoms with van der Waals surface area (Å²) in [5.74, 6) is 0. The summed E-state index contributed by atoms with van der Waals surface area (Å²) < 4.78 is 0. The summed E-state index contributed by atoms with van der Waals surface area (Å²) in [7, 11) is 2.25. The second-order valence-electron chi connectivity index (χ2n) is 3.70. The fourth-order valence-electron chi connectivity index (χ4n) is 2.14. The van der Waals surface area contributed by atoms with Crippen LogP contribution in [-0.4, -0.2) is 24.0 Å². The molecule has 0 bridgehead atoms. The highest BCUT2D eigenvalue weighted by Crippen LogP contribution is 2.27. The van der Waals surface area contributed by atoms with Crippen LogP contribution in [0.1, 0.15) is 81.1 Å². The Bertz CT molecular complexity index is 106. The van der Waals surface area contributed by atoms with Gasteiger partial charge in [-0.15, -0.1) is 0 Å². The third kappa shape index (κ3) is 7.27. The van der Waals surface area contributed by atoms with Crippen LogP contribution in [0.15, 0.2) is 0 Å². The zero-order valence-electron chi connectivity index (χ0n) is 13.5. The Labute approximate surface area is 106 Å². The summed E-state index contributed by atoms with van der Waals surface area (Å²) in [5, 5.41) is 0. The lowest BCUT2D eigenvalue weighted by molar-refractivity contribution is 0.103. The highest BCUT2D eigenvalue weighted by atomic mass is 15.2. The van der Waals surface area contributed by atoms with E-state index in [-0.39, 0.29) is 0 Å². The molecule has 0 radical (unpaired) electrons. The van der Waals surface area contributed by atoms with Gasteiger partial charge in [-0.1, -0.05) is 61.8 Å². The summed E-state index contributed by atoms with van der Waals surface area (Å²) in [4.78, 5) is 2.51. The van der Waals surface area contributed by atoms with Gasteiger partial charge in [0.15, 0.2) is 0 Å². The van der Waals surface area contributed by atoms with Crippen molar-refractivity contribution in [1.82, 2.24) is 4.90 Å². The lowest BCUT2D eigenvalue weighted by atomic mass is 9.86. The van der Waals surface area contributed by atoms with E-state index < -0.39 is 0 Å². The molecule has 16 heavy (non-hydrogen) atoms. The first-order valence-electron chi connectivity index (χ1n) is 7.38. The van der Waals surface area contributed by atoms with Crippen LogP contribution >= 0.6 is 0 Å². The van der Waals surface area contributed by atoms with Crippen molar-refractivity contribution in [3.63, 3.8) is 0 Å². The topological polar surface area (TPSA) is 3.24 Å². The molecule has 0 saturated heterocycles. The molecule has 0 saturated carbocycles. The summed E-state index contributed by atoms with van der Waals surface area (Å²) in [6.45, 7) is 18.3. The molecular formula is C15H37N. The maximum atomic E-state index is 2.51. The number of hydrogen-bond donors (Lipinski definition) is 0. The highest BCUT2D eigenvalue weighted by Gasteiger charge is 2.28.